The fraction of sp³-hybridized carbons (Fsp3) is 0.645. The molecule has 252 valence electrons. The molecule has 3 N–H and O–H groups in total. The molecular formula is C31H49N5O8S. The van der Waals surface area contributed by atoms with Crippen molar-refractivity contribution in [3.63, 3.8) is 0 Å². The molecule has 45 heavy (non-hydrogen) atoms. The maximum atomic E-state index is 14.3. The number of hydrogen-bond acceptors (Lipinski definition) is 9. The quantitative estimate of drug-likeness (QED) is 0.384. The average molecular weight is 652 g/mol. The number of hydrogen-bond donors (Lipinski definition) is 3. The Morgan fingerprint density at radius 1 is 1.20 bits per heavy atom. The minimum absolute atomic E-state index is 0.0242. The molecule has 0 saturated heterocycles. The van der Waals surface area contributed by atoms with Gasteiger partial charge in [-0.15, -0.1) is 0 Å². The van der Waals surface area contributed by atoms with Gasteiger partial charge in [-0.3, -0.25) is 9.52 Å². The number of urea groups is 1. The molecular weight excluding hydrogens is 602 g/mol. The lowest BCUT2D eigenvalue weighted by atomic mass is 10.0. The number of amides is 3. The van der Waals surface area contributed by atoms with Crippen LogP contribution in [-0.4, -0.2) is 98.1 Å². The van der Waals surface area contributed by atoms with Crippen LogP contribution in [0, 0.1) is 19.8 Å². The van der Waals surface area contributed by atoms with Crippen molar-refractivity contribution in [3.8, 4) is 5.75 Å². The van der Waals surface area contributed by atoms with Gasteiger partial charge in [0.15, 0.2) is 10.7 Å². The van der Waals surface area contributed by atoms with Gasteiger partial charge in [-0.25, -0.2) is 13.2 Å². The number of fused-ring (bicyclic) bond motifs is 1. The third-order valence-corrected chi connectivity index (χ3v) is 9.38. The SMILES string of the molecule is Cc1noc(C)c1S(=O)(=O)Nc1ccc2c(c1)C(=O)N([C@@H](C)CO)C[C@@H](C)[C@@H](CN(C)C(=O)NC(C)C)OCCCC[C@@H](C)O2. The van der Waals surface area contributed by atoms with Crippen molar-refractivity contribution < 1.29 is 37.1 Å². The first-order valence-electron chi connectivity index (χ1n) is 15.5. The number of nitrogens with one attached hydrogen (secondary N) is 2. The van der Waals surface area contributed by atoms with Crippen LogP contribution in [0.25, 0.3) is 0 Å². The van der Waals surface area contributed by atoms with Crippen molar-refractivity contribution in [1.29, 1.82) is 0 Å². The summed E-state index contributed by atoms with van der Waals surface area (Å²) in [6.07, 6.45) is 1.67. The van der Waals surface area contributed by atoms with Crippen molar-refractivity contribution in [1.82, 2.24) is 20.3 Å². The molecule has 2 heterocycles. The number of anilines is 1. The van der Waals surface area contributed by atoms with Crippen LogP contribution in [0.5, 0.6) is 5.75 Å². The first-order chi connectivity index (χ1) is 21.1. The molecule has 14 heteroatoms. The maximum absolute atomic E-state index is 14.3. The molecule has 1 aromatic heterocycles. The van der Waals surface area contributed by atoms with E-state index in [0.717, 1.165) is 12.8 Å². The maximum Gasteiger partial charge on any atom is 0.317 e. The molecule has 1 aliphatic heterocycles. The summed E-state index contributed by atoms with van der Waals surface area (Å²) in [5.74, 6) is -0.214. The second kappa shape index (κ2) is 15.8. The van der Waals surface area contributed by atoms with Crippen LogP contribution < -0.4 is 14.8 Å². The fourth-order valence-electron chi connectivity index (χ4n) is 5.22. The molecule has 3 rings (SSSR count). The van der Waals surface area contributed by atoms with E-state index in [1.807, 2.05) is 27.7 Å². The predicted octanol–water partition coefficient (Wildman–Crippen LogP) is 3.94. The molecule has 0 fully saturated rings. The Hall–Kier alpha value is -3.36. The summed E-state index contributed by atoms with van der Waals surface area (Å²) in [6.45, 7) is 13.1. The number of aliphatic hydroxyl groups is 1. The van der Waals surface area contributed by atoms with Crippen molar-refractivity contribution in [3.05, 3.63) is 35.2 Å². The van der Waals surface area contributed by atoms with Gasteiger partial charge in [0.2, 0.25) is 0 Å². The summed E-state index contributed by atoms with van der Waals surface area (Å²) >= 11 is 0. The van der Waals surface area contributed by atoms with E-state index in [-0.39, 0.29) is 64.8 Å². The lowest BCUT2D eigenvalue weighted by molar-refractivity contribution is -0.0122. The number of carbonyl (C=O) groups excluding carboxylic acids is 2. The zero-order chi connectivity index (χ0) is 33.5. The number of ether oxygens (including phenoxy) is 2. The smallest absolute Gasteiger partial charge is 0.317 e. The number of rotatable bonds is 8. The van der Waals surface area contributed by atoms with E-state index in [4.69, 9.17) is 14.0 Å². The lowest BCUT2D eigenvalue weighted by Gasteiger charge is -2.36. The van der Waals surface area contributed by atoms with Crippen LogP contribution in [0.4, 0.5) is 10.5 Å². The minimum Gasteiger partial charge on any atom is -0.490 e. The normalized spacial score (nSPS) is 21.0. The monoisotopic (exact) mass is 651 g/mol. The summed E-state index contributed by atoms with van der Waals surface area (Å²) < 4.78 is 46.6. The zero-order valence-electron chi connectivity index (χ0n) is 27.6. The van der Waals surface area contributed by atoms with Crippen LogP contribution in [0.15, 0.2) is 27.6 Å². The highest BCUT2D eigenvalue weighted by Gasteiger charge is 2.32. The number of carbonyl (C=O) groups is 2. The zero-order valence-corrected chi connectivity index (χ0v) is 28.4. The third kappa shape index (κ3) is 9.57. The van der Waals surface area contributed by atoms with E-state index >= 15 is 0 Å². The van der Waals surface area contributed by atoms with Crippen LogP contribution in [0.2, 0.25) is 0 Å². The molecule has 1 aromatic carbocycles. The van der Waals surface area contributed by atoms with Gasteiger partial charge in [0.25, 0.3) is 15.9 Å². The molecule has 0 spiro atoms. The topological polar surface area (TPSA) is 164 Å². The van der Waals surface area contributed by atoms with E-state index < -0.39 is 28.1 Å². The Balaban J connectivity index is 2.00. The Labute approximate surface area is 266 Å². The van der Waals surface area contributed by atoms with Crippen molar-refractivity contribution in [2.75, 3.05) is 38.1 Å². The summed E-state index contributed by atoms with van der Waals surface area (Å²) in [5.41, 5.74) is 0.520. The third-order valence-electron chi connectivity index (χ3n) is 7.75. The molecule has 0 aliphatic carbocycles. The van der Waals surface area contributed by atoms with Gasteiger partial charge < -0.3 is 34.2 Å². The number of benzene rings is 1. The number of sulfonamides is 1. The van der Waals surface area contributed by atoms with Crippen molar-refractivity contribution in [2.45, 2.75) is 96.9 Å². The number of likely N-dealkylation sites (N-methyl/N-ethyl adjacent to an activating group) is 1. The van der Waals surface area contributed by atoms with E-state index in [0.29, 0.717) is 25.3 Å². The van der Waals surface area contributed by atoms with Gasteiger partial charge >= 0.3 is 6.03 Å². The lowest BCUT2D eigenvalue weighted by Crippen LogP contribution is -2.49. The van der Waals surface area contributed by atoms with E-state index in [1.54, 1.807) is 35.9 Å². The standard InChI is InChI=1S/C31H49N5O8S/c1-19(2)32-31(39)35(8)17-28-20(3)16-36(21(4)18-37)30(38)26-15-25(34-45(40,41)29-23(6)33-44-24(29)7)12-13-27(26)43-22(5)11-9-10-14-42-28/h12-13,15,19-22,28,34,37H,9-11,14,16-18H2,1-8H3,(H,32,39)/t20-,21+,22-,28-/m1/s1. The highest BCUT2D eigenvalue weighted by molar-refractivity contribution is 7.92. The second-order valence-electron chi connectivity index (χ2n) is 12.3. The Morgan fingerprint density at radius 2 is 1.91 bits per heavy atom. The summed E-state index contributed by atoms with van der Waals surface area (Å²) in [7, 11) is -2.37. The van der Waals surface area contributed by atoms with Gasteiger partial charge in [0.05, 0.1) is 30.4 Å². The minimum atomic E-state index is -4.08. The number of aliphatic hydroxyl groups excluding tert-OH is 1. The highest BCUT2D eigenvalue weighted by Crippen LogP contribution is 2.30. The number of nitrogens with zero attached hydrogens (tertiary/aromatic N) is 3. The largest absolute Gasteiger partial charge is 0.490 e. The molecule has 4 atom stereocenters. The van der Waals surface area contributed by atoms with Crippen molar-refractivity contribution in [2.24, 2.45) is 5.92 Å². The van der Waals surface area contributed by atoms with Crippen LogP contribution in [0.1, 0.15) is 75.7 Å². The Morgan fingerprint density at radius 3 is 2.53 bits per heavy atom. The molecule has 0 saturated carbocycles. The fourth-order valence-corrected chi connectivity index (χ4v) is 6.60. The molecule has 3 amide bonds. The molecule has 0 radical (unpaired) electrons. The van der Waals surface area contributed by atoms with Gasteiger partial charge in [0.1, 0.15) is 11.4 Å². The summed E-state index contributed by atoms with van der Waals surface area (Å²) in [4.78, 5) is 30.0. The summed E-state index contributed by atoms with van der Waals surface area (Å²) in [6, 6.07) is 3.75. The van der Waals surface area contributed by atoms with Crippen LogP contribution >= 0.6 is 0 Å². The first-order valence-corrected chi connectivity index (χ1v) is 16.9. The van der Waals surface area contributed by atoms with E-state index in [2.05, 4.69) is 15.2 Å². The van der Waals surface area contributed by atoms with Crippen molar-refractivity contribution >= 4 is 27.6 Å². The highest BCUT2D eigenvalue weighted by atomic mass is 32.2. The second-order valence-corrected chi connectivity index (χ2v) is 13.9. The molecule has 0 bridgehead atoms. The van der Waals surface area contributed by atoms with Gasteiger partial charge in [-0.05, 0) is 79.0 Å². The van der Waals surface area contributed by atoms with Crippen LogP contribution in [-0.2, 0) is 14.8 Å². The van der Waals surface area contributed by atoms with Gasteiger partial charge in [-0.2, -0.15) is 0 Å². The Bertz CT molecular complexity index is 1390. The first kappa shape index (κ1) is 36.1. The Kier molecular flexibility index (Phi) is 12.7. The van der Waals surface area contributed by atoms with E-state index in [1.165, 1.54) is 19.9 Å². The molecule has 1 aliphatic rings. The number of aryl methyl sites for hydroxylation is 2. The van der Waals surface area contributed by atoms with Gasteiger partial charge in [0, 0.05) is 44.4 Å². The van der Waals surface area contributed by atoms with Crippen LogP contribution in [0.3, 0.4) is 0 Å². The summed E-state index contributed by atoms with van der Waals surface area (Å²) in [5, 5.41) is 16.8. The number of aromatic nitrogens is 1. The molecule has 13 nitrogen and oxygen atoms in total. The predicted molar refractivity (Wildman–Crippen MR) is 170 cm³/mol. The van der Waals surface area contributed by atoms with Gasteiger partial charge in [-0.1, -0.05) is 12.1 Å². The van der Waals surface area contributed by atoms with E-state index in [9.17, 15) is 23.1 Å². The average Bonchev–Trinajstić information content (AvgIpc) is 3.32. The molecule has 2 aromatic rings. The molecule has 0 unspecified atom stereocenters.